The van der Waals surface area contributed by atoms with Crippen molar-refractivity contribution in [3.63, 3.8) is 0 Å². The third kappa shape index (κ3) is 3.04. The van der Waals surface area contributed by atoms with Crippen LogP contribution in [-0.4, -0.2) is 36.0 Å². The maximum absolute atomic E-state index is 6.02. The van der Waals surface area contributed by atoms with Gasteiger partial charge in [-0.3, -0.25) is 0 Å². The smallest absolute Gasteiger partial charge is 0.0954 e. The molecule has 2 heterocycles. The summed E-state index contributed by atoms with van der Waals surface area (Å²) in [5, 5.41) is 0. The number of benzene rings is 1. The van der Waals surface area contributed by atoms with E-state index in [0.717, 1.165) is 25.5 Å². The van der Waals surface area contributed by atoms with Crippen molar-refractivity contribution in [1.29, 1.82) is 0 Å². The van der Waals surface area contributed by atoms with Gasteiger partial charge in [-0.15, -0.1) is 0 Å². The fraction of sp³-hybridized carbons (Fsp3) is 0.625. The summed E-state index contributed by atoms with van der Waals surface area (Å²) in [5.41, 5.74) is 2.88. The zero-order valence-electron chi connectivity index (χ0n) is 11.5. The zero-order valence-corrected chi connectivity index (χ0v) is 13.1. The van der Waals surface area contributed by atoms with Crippen LogP contribution in [0.3, 0.4) is 0 Å². The number of hydrogen-bond donors (Lipinski definition) is 0. The second-order valence-corrected chi connectivity index (χ2v) is 7.03. The molecular formula is C16H22BrNO. The summed E-state index contributed by atoms with van der Waals surface area (Å²) in [4.78, 5) is 3.25. The molecule has 2 aliphatic rings. The lowest BCUT2D eigenvalue weighted by Crippen LogP contribution is -2.42. The maximum Gasteiger partial charge on any atom is 0.0954 e. The Hall–Kier alpha value is -0.380. The fourth-order valence-corrected chi connectivity index (χ4v) is 3.60. The minimum atomic E-state index is 0.268. The molecule has 0 aromatic heterocycles. The van der Waals surface area contributed by atoms with Gasteiger partial charge in [-0.05, 0) is 36.4 Å². The molecule has 0 aliphatic carbocycles. The highest BCUT2D eigenvalue weighted by molar-refractivity contribution is 9.09. The Balaban J connectivity index is 1.68. The highest BCUT2D eigenvalue weighted by Crippen LogP contribution is 2.30. The molecule has 0 radical (unpaired) electrons. The monoisotopic (exact) mass is 323 g/mol. The number of fused-ring (bicyclic) bond motifs is 1. The van der Waals surface area contributed by atoms with Crippen LogP contribution in [0.1, 0.15) is 30.6 Å². The van der Waals surface area contributed by atoms with E-state index < -0.39 is 0 Å². The molecule has 0 spiro atoms. The fourth-order valence-electron chi connectivity index (χ4n) is 3.23. The first-order valence-electron chi connectivity index (χ1n) is 7.30. The van der Waals surface area contributed by atoms with Gasteiger partial charge >= 0.3 is 0 Å². The highest BCUT2D eigenvalue weighted by Gasteiger charge is 2.28. The van der Waals surface area contributed by atoms with Crippen LogP contribution in [0.2, 0.25) is 0 Å². The van der Waals surface area contributed by atoms with Gasteiger partial charge < -0.3 is 9.64 Å². The molecule has 1 saturated heterocycles. The van der Waals surface area contributed by atoms with Crippen molar-refractivity contribution in [3.8, 4) is 0 Å². The number of nitrogens with zero attached hydrogens (tertiary/aromatic N) is 1. The Kier molecular flexibility index (Phi) is 4.25. The number of ether oxygens (including phenoxy) is 1. The summed E-state index contributed by atoms with van der Waals surface area (Å²) in [6.45, 7) is 6.61. The third-order valence-corrected chi connectivity index (χ3v) is 5.76. The summed E-state index contributed by atoms with van der Waals surface area (Å²) < 4.78 is 6.02. The second kappa shape index (κ2) is 5.94. The molecule has 1 aromatic rings. The minimum absolute atomic E-state index is 0.268. The molecule has 3 unspecified atom stereocenters. The van der Waals surface area contributed by atoms with E-state index in [4.69, 9.17) is 4.74 Å². The van der Waals surface area contributed by atoms with Gasteiger partial charge in [0, 0.05) is 17.9 Å². The van der Waals surface area contributed by atoms with Crippen LogP contribution in [0.4, 0.5) is 0 Å². The first kappa shape index (κ1) is 13.6. The number of rotatable bonds is 2. The molecule has 1 fully saturated rings. The van der Waals surface area contributed by atoms with Crippen LogP contribution in [-0.2, 0) is 11.2 Å². The van der Waals surface area contributed by atoms with Crippen molar-refractivity contribution >= 4 is 15.9 Å². The van der Waals surface area contributed by atoms with Crippen LogP contribution in [0.5, 0.6) is 0 Å². The summed E-state index contributed by atoms with van der Waals surface area (Å²) in [7, 11) is 0. The molecule has 104 valence electrons. The van der Waals surface area contributed by atoms with Gasteiger partial charge in [0.15, 0.2) is 0 Å². The van der Waals surface area contributed by atoms with Gasteiger partial charge in [-0.1, -0.05) is 47.1 Å². The number of hydrogen-bond acceptors (Lipinski definition) is 2. The SMILES string of the molecule is CC1CN(CC2OCCc3ccccc32)CCC1Br. The van der Waals surface area contributed by atoms with Crippen molar-refractivity contribution in [3.05, 3.63) is 35.4 Å². The number of piperidine rings is 1. The summed E-state index contributed by atoms with van der Waals surface area (Å²) in [5.74, 6) is 0.729. The van der Waals surface area contributed by atoms with E-state index in [1.54, 1.807) is 0 Å². The topological polar surface area (TPSA) is 12.5 Å². The van der Waals surface area contributed by atoms with E-state index in [1.165, 1.54) is 30.6 Å². The van der Waals surface area contributed by atoms with Crippen molar-refractivity contribution in [2.45, 2.75) is 30.7 Å². The molecule has 0 bridgehead atoms. The van der Waals surface area contributed by atoms with E-state index in [2.05, 4.69) is 52.0 Å². The first-order chi connectivity index (χ1) is 9.24. The van der Waals surface area contributed by atoms with Crippen LogP contribution in [0.25, 0.3) is 0 Å². The Morgan fingerprint density at radius 3 is 3.05 bits per heavy atom. The largest absolute Gasteiger partial charge is 0.372 e. The third-order valence-electron chi connectivity index (χ3n) is 4.40. The molecule has 0 amide bonds. The predicted molar refractivity (Wildman–Crippen MR) is 81.8 cm³/mol. The van der Waals surface area contributed by atoms with E-state index in [-0.39, 0.29) is 6.10 Å². The standard InChI is InChI=1S/C16H22BrNO/c1-12-10-18(8-6-15(12)17)11-16-14-5-3-2-4-13(14)7-9-19-16/h2-5,12,15-16H,6-11H2,1H3. The van der Waals surface area contributed by atoms with Gasteiger partial charge in [0.25, 0.3) is 0 Å². The van der Waals surface area contributed by atoms with Crippen molar-refractivity contribution in [1.82, 2.24) is 4.90 Å². The molecular weight excluding hydrogens is 302 g/mol. The second-order valence-electron chi connectivity index (χ2n) is 5.85. The average molecular weight is 324 g/mol. The normalized spacial score (nSPS) is 32.0. The number of alkyl halides is 1. The molecule has 0 saturated carbocycles. The van der Waals surface area contributed by atoms with Gasteiger partial charge in [0.1, 0.15) is 0 Å². The summed E-state index contributed by atoms with van der Waals surface area (Å²) in [6, 6.07) is 8.76. The van der Waals surface area contributed by atoms with Gasteiger partial charge in [-0.25, -0.2) is 0 Å². The highest BCUT2D eigenvalue weighted by atomic mass is 79.9. The van der Waals surface area contributed by atoms with E-state index in [0.29, 0.717) is 4.83 Å². The molecule has 0 N–H and O–H groups in total. The van der Waals surface area contributed by atoms with E-state index >= 15 is 0 Å². The zero-order chi connectivity index (χ0) is 13.2. The lowest BCUT2D eigenvalue weighted by atomic mass is 9.95. The Labute approximate surface area is 124 Å². The number of halogens is 1. The molecule has 3 rings (SSSR count). The molecule has 1 aromatic carbocycles. The molecule has 2 nitrogen and oxygen atoms in total. The predicted octanol–water partition coefficient (Wildman–Crippen LogP) is 3.41. The lowest BCUT2D eigenvalue weighted by molar-refractivity contribution is 0.00845. The van der Waals surface area contributed by atoms with Gasteiger partial charge in [0.05, 0.1) is 12.7 Å². The van der Waals surface area contributed by atoms with Crippen molar-refractivity contribution < 1.29 is 4.74 Å². The summed E-state index contributed by atoms with van der Waals surface area (Å²) in [6.07, 6.45) is 2.58. The average Bonchev–Trinajstić information content (AvgIpc) is 2.43. The first-order valence-corrected chi connectivity index (χ1v) is 8.21. The van der Waals surface area contributed by atoms with Crippen molar-refractivity contribution in [2.75, 3.05) is 26.2 Å². The number of likely N-dealkylation sites (tertiary alicyclic amines) is 1. The lowest BCUT2D eigenvalue weighted by Gasteiger charge is -2.37. The van der Waals surface area contributed by atoms with Gasteiger partial charge in [-0.2, -0.15) is 0 Å². The Morgan fingerprint density at radius 1 is 1.37 bits per heavy atom. The van der Waals surface area contributed by atoms with Crippen LogP contribution < -0.4 is 0 Å². The van der Waals surface area contributed by atoms with Crippen LogP contribution in [0, 0.1) is 5.92 Å². The van der Waals surface area contributed by atoms with E-state index in [1.807, 2.05) is 0 Å². The summed E-state index contributed by atoms with van der Waals surface area (Å²) >= 11 is 3.77. The van der Waals surface area contributed by atoms with E-state index in [9.17, 15) is 0 Å². The van der Waals surface area contributed by atoms with Crippen LogP contribution >= 0.6 is 15.9 Å². The molecule has 19 heavy (non-hydrogen) atoms. The minimum Gasteiger partial charge on any atom is -0.372 e. The Bertz CT molecular complexity index is 437. The molecule has 2 aliphatic heterocycles. The Morgan fingerprint density at radius 2 is 2.21 bits per heavy atom. The van der Waals surface area contributed by atoms with Crippen LogP contribution in [0.15, 0.2) is 24.3 Å². The van der Waals surface area contributed by atoms with Crippen molar-refractivity contribution in [2.24, 2.45) is 5.92 Å². The molecule has 3 heteroatoms. The quantitative estimate of drug-likeness (QED) is 0.773. The molecule has 3 atom stereocenters. The maximum atomic E-state index is 6.02. The van der Waals surface area contributed by atoms with Gasteiger partial charge in [0.2, 0.25) is 0 Å².